The smallest absolute Gasteiger partial charge is 0.223 e. The Bertz CT molecular complexity index is 832. The Kier molecular flexibility index (Phi) is 4.87. The summed E-state index contributed by atoms with van der Waals surface area (Å²) in [4.78, 5) is 15.4. The van der Waals surface area contributed by atoms with Crippen molar-refractivity contribution >= 4 is 27.5 Å². The quantitative estimate of drug-likeness (QED) is 0.732. The first-order valence-electron chi connectivity index (χ1n) is 8.61. The van der Waals surface area contributed by atoms with Crippen molar-refractivity contribution in [3.05, 3.63) is 47.2 Å². The summed E-state index contributed by atoms with van der Waals surface area (Å²) in [5.41, 5.74) is 2.64. The van der Waals surface area contributed by atoms with Gasteiger partial charge < -0.3 is 10.4 Å². The van der Waals surface area contributed by atoms with E-state index in [9.17, 15) is 5.11 Å². The van der Waals surface area contributed by atoms with Crippen molar-refractivity contribution < 1.29 is 5.11 Å². The lowest BCUT2D eigenvalue weighted by Gasteiger charge is -2.30. The Labute approximate surface area is 150 Å². The number of hydrogen-bond acceptors (Lipinski definition) is 7. The van der Waals surface area contributed by atoms with Gasteiger partial charge in [-0.2, -0.15) is 0 Å². The lowest BCUT2D eigenvalue weighted by Crippen LogP contribution is -2.34. The maximum Gasteiger partial charge on any atom is 0.223 e. The summed E-state index contributed by atoms with van der Waals surface area (Å²) in [6, 6.07) is 5.89. The van der Waals surface area contributed by atoms with Crippen molar-refractivity contribution in [3.8, 4) is 0 Å². The van der Waals surface area contributed by atoms with E-state index in [4.69, 9.17) is 0 Å². The average molecular weight is 355 g/mol. The number of aliphatic hydroxyl groups is 1. The van der Waals surface area contributed by atoms with Crippen molar-refractivity contribution in [3.63, 3.8) is 0 Å². The SMILES string of the molecule is OC(c1nc(NCc2cccnc2)nc2ccsc12)N1CCCCC1. The Balaban J connectivity index is 1.60. The van der Waals surface area contributed by atoms with Crippen LogP contribution in [0, 0.1) is 0 Å². The van der Waals surface area contributed by atoms with Gasteiger partial charge in [0.25, 0.3) is 0 Å². The van der Waals surface area contributed by atoms with Gasteiger partial charge in [0, 0.05) is 32.0 Å². The molecular weight excluding hydrogens is 334 g/mol. The first-order chi connectivity index (χ1) is 12.3. The van der Waals surface area contributed by atoms with Gasteiger partial charge in [-0.15, -0.1) is 11.3 Å². The molecule has 7 heteroatoms. The van der Waals surface area contributed by atoms with Gasteiger partial charge in [0.2, 0.25) is 5.95 Å². The molecule has 4 rings (SSSR count). The molecule has 0 aliphatic carbocycles. The van der Waals surface area contributed by atoms with Crippen molar-refractivity contribution in [2.75, 3.05) is 18.4 Å². The zero-order valence-corrected chi connectivity index (χ0v) is 14.7. The molecule has 2 N–H and O–H groups in total. The number of aliphatic hydroxyl groups excluding tert-OH is 1. The highest BCUT2D eigenvalue weighted by atomic mass is 32.1. The van der Waals surface area contributed by atoms with Crippen molar-refractivity contribution in [2.24, 2.45) is 0 Å². The summed E-state index contributed by atoms with van der Waals surface area (Å²) in [7, 11) is 0. The molecule has 6 nitrogen and oxygen atoms in total. The van der Waals surface area contributed by atoms with Crippen LogP contribution in [0.2, 0.25) is 0 Å². The number of hydrogen-bond donors (Lipinski definition) is 2. The molecular formula is C18H21N5OS. The van der Waals surface area contributed by atoms with Crippen LogP contribution in [0.1, 0.15) is 36.7 Å². The van der Waals surface area contributed by atoms with Crippen LogP contribution >= 0.6 is 11.3 Å². The minimum absolute atomic E-state index is 0.542. The van der Waals surface area contributed by atoms with Gasteiger partial charge in [-0.05, 0) is 35.9 Å². The third-order valence-corrected chi connectivity index (χ3v) is 5.41. The van der Waals surface area contributed by atoms with Crippen molar-refractivity contribution in [1.82, 2.24) is 19.9 Å². The van der Waals surface area contributed by atoms with Gasteiger partial charge in [0.15, 0.2) is 6.23 Å². The summed E-state index contributed by atoms with van der Waals surface area (Å²) < 4.78 is 0.963. The molecule has 0 amide bonds. The van der Waals surface area contributed by atoms with Crippen LogP contribution < -0.4 is 5.32 Å². The third kappa shape index (κ3) is 3.63. The standard InChI is InChI=1S/C18H21N5OS/c24-17(23-8-2-1-3-9-23)15-16-14(6-10-25-16)21-18(22-15)20-12-13-5-4-7-19-11-13/h4-7,10-11,17,24H,1-3,8-9,12H2,(H,20,21,22). The second-order valence-corrected chi connectivity index (χ2v) is 7.17. The second kappa shape index (κ2) is 7.43. The zero-order valence-electron chi connectivity index (χ0n) is 13.9. The van der Waals surface area contributed by atoms with Gasteiger partial charge in [0.1, 0.15) is 5.69 Å². The predicted molar refractivity (Wildman–Crippen MR) is 99.4 cm³/mol. The summed E-state index contributed by atoms with van der Waals surface area (Å²) in [6.45, 7) is 2.43. The Morgan fingerprint density at radius 2 is 2.08 bits per heavy atom. The van der Waals surface area contributed by atoms with Crippen LogP contribution in [0.15, 0.2) is 36.0 Å². The van der Waals surface area contributed by atoms with Crippen molar-refractivity contribution in [2.45, 2.75) is 32.0 Å². The maximum absolute atomic E-state index is 10.9. The normalized spacial score (nSPS) is 16.8. The van der Waals surface area contributed by atoms with Crippen LogP contribution in [0.4, 0.5) is 5.95 Å². The lowest BCUT2D eigenvalue weighted by atomic mass is 10.1. The van der Waals surface area contributed by atoms with E-state index in [1.165, 1.54) is 6.42 Å². The molecule has 1 fully saturated rings. The second-order valence-electron chi connectivity index (χ2n) is 6.25. The minimum atomic E-state index is -0.677. The monoisotopic (exact) mass is 355 g/mol. The molecule has 1 aliphatic rings. The lowest BCUT2D eigenvalue weighted by molar-refractivity contribution is -0.0116. The molecule has 0 aromatic carbocycles. The molecule has 130 valence electrons. The average Bonchev–Trinajstić information content (AvgIpc) is 3.15. The number of aromatic nitrogens is 3. The largest absolute Gasteiger partial charge is 0.372 e. The van der Waals surface area contributed by atoms with Gasteiger partial charge in [0.05, 0.1) is 10.2 Å². The Hall–Kier alpha value is -2.09. The molecule has 1 saturated heterocycles. The molecule has 0 spiro atoms. The number of nitrogens with zero attached hydrogens (tertiary/aromatic N) is 4. The van der Waals surface area contributed by atoms with E-state index in [0.717, 1.165) is 41.7 Å². The zero-order chi connectivity index (χ0) is 17.1. The van der Waals surface area contributed by atoms with Gasteiger partial charge >= 0.3 is 0 Å². The van der Waals surface area contributed by atoms with Gasteiger partial charge in [-0.1, -0.05) is 12.5 Å². The summed E-state index contributed by atoms with van der Waals surface area (Å²) in [6.07, 6.45) is 6.39. The molecule has 3 aromatic heterocycles. The van der Waals surface area contributed by atoms with Gasteiger partial charge in [-0.25, -0.2) is 9.97 Å². The van der Waals surface area contributed by atoms with Crippen LogP contribution in [0.3, 0.4) is 0 Å². The molecule has 0 saturated carbocycles. The fourth-order valence-corrected chi connectivity index (χ4v) is 4.00. The number of likely N-dealkylation sites (tertiary alicyclic amines) is 1. The number of piperidine rings is 1. The van der Waals surface area contributed by atoms with Crippen molar-refractivity contribution in [1.29, 1.82) is 0 Å². The van der Waals surface area contributed by atoms with Gasteiger partial charge in [-0.3, -0.25) is 9.88 Å². The molecule has 25 heavy (non-hydrogen) atoms. The van der Waals surface area contributed by atoms with E-state index in [2.05, 4.69) is 25.2 Å². The Morgan fingerprint density at radius 3 is 2.88 bits per heavy atom. The molecule has 3 aromatic rings. The van der Waals surface area contributed by atoms with E-state index in [1.807, 2.05) is 29.8 Å². The predicted octanol–water partition coefficient (Wildman–Crippen LogP) is 3.18. The van der Waals surface area contributed by atoms with Crippen LogP contribution in [-0.2, 0) is 6.54 Å². The minimum Gasteiger partial charge on any atom is -0.372 e. The molecule has 4 heterocycles. The molecule has 1 unspecified atom stereocenters. The summed E-state index contributed by atoms with van der Waals surface area (Å²) in [5, 5.41) is 16.1. The summed E-state index contributed by atoms with van der Waals surface area (Å²) in [5.74, 6) is 0.542. The molecule has 1 atom stereocenters. The molecule has 0 bridgehead atoms. The van der Waals surface area contributed by atoms with Crippen LogP contribution in [0.25, 0.3) is 10.2 Å². The van der Waals surface area contributed by atoms with E-state index >= 15 is 0 Å². The number of anilines is 1. The first kappa shape index (κ1) is 16.4. The first-order valence-corrected chi connectivity index (χ1v) is 9.49. The van der Waals surface area contributed by atoms with E-state index in [0.29, 0.717) is 18.2 Å². The highest BCUT2D eigenvalue weighted by Gasteiger charge is 2.24. The Morgan fingerprint density at radius 1 is 1.20 bits per heavy atom. The number of pyridine rings is 1. The fraction of sp³-hybridized carbons (Fsp3) is 0.389. The number of thiophene rings is 1. The maximum atomic E-state index is 10.9. The summed E-state index contributed by atoms with van der Waals surface area (Å²) >= 11 is 1.58. The van der Waals surface area contributed by atoms with Crippen LogP contribution in [0.5, 0.6) is 0 Å². The molecule has 0 radical (unpaired) electrons. The van der Waals surface area contributed by atoms with E-state index < -0.39 is 6.23 Å². The topological polar surface area (TPSA) is 74.2 Å². The van der Waals surface area contributed by atoms with E-state index in [1.54, 1.807) is 17.5 Å². The highest BCUT2D eigenvalue weighted by molar-refractivity contribution is 7.17. The fourth-order valence-electron chi connectivity index (χ4n) is 3.16. The molecule has 1 aliphatic heterocycles. The van der Waals surface area contributed by atoms with E-state index in [-0.39, 0.29) is 0 Å². The third-order valence-electron chi connectivity index (χ3n) is 4.48. The number of fused-ring (bicyclic) bond motifs is 1. The highest BCUT2D eigenvalue weighted by Crippen LogP contribution is 2.30. The number of rotatable bonds is 5. The van der Waals surface area contributed by atoms with Crippen LogP contribution in [-0.4, -0.2) is 38.0 Å². The number of nitrogens with one attached hydrogen (secondary N) is 1.